The molecule has 1 fully saturated rings. The monoisotopic (exact) mass is 168 g/mol. The summed E-state index contributed by atoms with van der Waals surface area (Å²) in [6.45, 7) is 9.53. The van der Waals surface area contributed by atoms with Crippen LogP contribution in [0.15, 0.2) is 0 Å². The van der Waals surface area contributed by atoms with Crippen LogP contribution < -0.4 is 0 Å². The van der Waals surface area contributed by atoms with Crippen LogP contribution in [0.5, 0.6) is 0 Å². The highest BCUT2D eigenvalue weighted by molar-refractivity contribution is 4.76. The molecule has 0 aromatic heterocycles. The molecule has 0 aromatic carbocycles. The van der Waals surface area contributed by atoms with Crippen molar-refractivity contribution in [2.75, 3.05) is 0 Å². The van der Waals surface area contributed by atoms with E-state index in [1.807, 2.05) is 0 Å². The Bertz CT molecular complexity index is 110. The highest BCUT2D eigenvalue weighted by atomic mass is 14.3. The lowest BCUT2D eigenvalue weighted by Gasteiger charge is -2.33. The van der Waals surface area contributed by atoms with Crippen LogP contribution in [0, 0.1) is 23.7 Å². The van der Waals surface area contributed by atoms with E-state index in [1.54, 1.807) is 0 Å². The summed E-state index contributed by atoms with van der Waals surface area (Å²) in [6, 6.07) is 0. The van der Waals surface area contributed by atoms with Gasteiger partial charge < -0.3 is 0 Å². The maximum absolute atomic E-state index is 2.38. The SMILES string of the molecule is CC(C)C1CCC[C@@H](C(C)C)C1. The largest absolute Gasteiger partial charge is 0.0625 e. The summed E-state index contributed by atoms with van der Waals surface area (Å²) >= 11 is 0. The van der Waals surface area contributed by atoms with Crippen LogP contribution in [-0.2, 0) is 0 Å². The summed E-state index contributed by atoms with van der Waals surface area (Å²) in [5.41, 5.74) is 0. The molecule has 1 unspecified atom stereocenters. The normalized spacial score (nSPS) is 31.5. The summed E-state index contributed by atoms with van der Waals surface area (Å²) in [7, 11) is 0. The van der Waals surface area contributed by atoms with Crippen molar-refractivity contribution in [1.82, 2.24) is 0 Å². The third-order valence-electron chi connectivity index (χ3n) is 3.64. The molecular formula is C12H24. The molecule has 1 saturated carbocycles. The van der Waals surface area contributed by atoms with Crippen molar-refractivity contribution >= 4 is 0 Å². The van der Waals surface area contributed by atoms with Crippen molar-refractivity contribution in [2.24, 2.45) is 23.7 Å². The van der Waals surface area contributed by atoms with E-state index in [1.165, 1.54) is 25.7 Å². The van der Waals surface area contributed by atoms with Crippen molar-refractivity contribution < 1.29 is 0 Å². The van der Waals surface area contributed by atoms with Crippen LogP contribution in [0.2, 0.25) is 0 Å². The molecule has 1 rings (SSSR count). The summed E-state index contributed by atoms with van der Waals surface area (Å²) in [5, 5.41) is 0. The first-order valence-electron chi connectivity index (χ1n) is 5.61. The van der Waals surface area contributed by atoms with Gasteiger partial charge in [0.15, 0.2) is 0 Å². The molecule has 0 heterocycles. The van der Waals surface area contributed by atoms with Gasteiger partial charge in [-0.3, -0.25) is 0 Å². The van der Waals surface area contributed by atoms with Crippen LogP contribution in [0.4, 0.5) is 0 Å². The topological polar surface area (TPSA) is 0 Å². The Hall–Kier alpha value is 0. The quantitative estimate of drug-likeness (QED) is 0.582. The molecule has 72 valence electrons. The zero-order valence-electron chi connectivity index (χ0n) is 9.14. The van der Waals surface area contributed by atoms with Gasteiger partial charge in [-0.1, -0.05) is 47.0 Å². The minimum absolute atomic E-state index is 0.909. The fourth-order valence-corrected chi connectivity index (χ4v) is 2.48. The lowest BCUT2D eigenvalue weighted by atomic mass is 9.72. The van der Waals surface area contributed by atoms with E-state index in [9.17, 15) is 0 Å². The molecular weight excluding hydrogens is 144 g/mol. The second-order valence-corrected chi connectivity index (χ2v) is 5.17. The fraction of sp³-hybridized carbons (Fsp3) is 1.00. The van der Waals surface area contributed by atoms with E-state index >= 15 is 0 Å². The Labute approximate surface area is 77.7 Å². The zero-order valence-corrected chi connectivity index (χ0v) is 9.14. The minimum Gasteiger partial charge on any atom is -0.0625 e. The van der Waals surface area contributed by atoms with Gasteiger partial charge in [-0.2, -0.15) is 0 Å². The van der Waals surface area contributed by atoms with Gasteiger partial charge in [-0.15, -0.1) is 0 Å². The predicted octanol–water partition coefficient (Wildman–Crippen LogP) is 4.10. The van der Waals surface area contributed by atoms with E-state index < -0.39 is 0 Å². The third kappa shape index (κ3) is 2.50. The van der Waals surface area contributed by atoms with Crippen LogP contribution in [0.25, 0.3) is 0 Å². The lowest BCUT2D eigenvalue weighted by Crippen LogP contribution is -2.22. The van der Waals surface area contributed by atoms with Gasteiger partial charge in [0.2, 0.25) is 0 Å². The van der Waals surface area contributed by atoms with Crippen molar-refractivity contribution in [2.45, 2.75) is 53.4 Å². The molecule has 0 spiro atoms. The first kappa shape index (κ1) is 10.1. The number of hydrogen-bond acceptors (Lipinski definition) is 0. The Morgan fingerprint density at radius 2 is 1.25 bits per heavy atom. The summed E-state index contributed by atoms with van der Waals surface area (Å²) in [5.74, 6) is 3.86. The third-order valence-corrected chi connectivity index (χ3v) is 3.64. The van der Waals surface area contributed by atoms with Gasteiger partial charge in [0.05, 0.1) is 0 Å². The van der Waals surface area contributed by atoms with Crippen molar-refractivity contribution in [3.63, 3.8) is 0 Å². The molecule has 0 aliphatic heterocycles. The van der Waals surface area contributed by atoms with Gasteiger partial charge in [0.25, 0.3) is 0 Å². The van der Waals surface area contributed by atoms with Gasteiger partial charge >= 0.3 is 0 Å². The second kappa shape index (κ2) is 4.30. The molecule has 0 heteroatoms. The second-order valence-electron chi connectivity index (χ2n) is 5.17. The molecule has 0 aromatic rings. The molecule has 1 aliphatic rings. The molecule has 1 aliphatic carbocycles. The maximum atomic E-state index is 2.38. The van der Waals surface area contributed by atoms with E-state index in [0.717, 1.165) is 23.7 Å². The Balaban J connectivity index is 2.40. The van der Waals surface area contributed by atoms with Crippen LogP contribution in [-0.4, -0.2) is 0 Å². The maximum Gasteiger partial charge on any atom is -0.0388 e. The highest BCUT2D eigenvalue weighted by Gasteiger charge is 2.25. The average Bonchev–Trinajstić information content (AvgIpc) is 2.04. The van der Waals surface area contributed by atoms with Gasteiger partial charge in [-0.25, -0.2) is 0 Å². The summed E-state index contributed by atoms with van der Waals surface area (Å²) < 4.78 is 0. The van der Waals surface area contributed by atoms with Crippen molar-refractivity contribution in [3.05, 3.63) is 0 Å². The Morgan fingerprint density at radius 3 is 1.58 bits per heavy atom. The molecule has 12 heavy (non-hydrogen) atoms. The number of hydrogen-bond donors (Lipinski definition) is 0. The summed E-state index contributed by atoms with van der Waals surface area (Å²) in [6.07, 6.45) is 5.95. The molecule has 2 atom stereocenters. The predicted molar refractivity (Wildman–Crippen MR) is 55.1 cm³/mol. The Kier molecular flexibility index (Phi) is 3.61. The molecule has 0 nitrogen and oxygen atoms in total. The standard InChI is InChI=1S/C12H24/c1-9(2)11-6-5-7-12(8-11)10(3)4/h9-12H,5-8H2,1-4H3/t11-,12?/m1/s1. The van der Waals surface area contributed by atoms with E-state index in [0.29, 0.717) is 0 Å². The van der Waals surface area contributed by atoms with E-state index in [-0.39, 0.29) is 0 Å². The highest BCUT2D eigenvalue weighted by Crippen LogP contribution is 2.36. The van der Waals surface area contributed by atoms with Crippen LogP contribution in [0.1, 0.15) is 53.4 Å². The molecule has 0 bridgehead atoms. The van der Waals surface area contributed by atoms with Gasteiger partial charge in [0.1, 0.15) is 0 Å². The molecule has 0 amide bonds. The smallest absolute Gasteiger partial charge is 0.0388 e. The van der Waals surface area contributed by atoms with Crippen molar-refractivity contribution in [1.29, 1.82) is 0 Å². The average molecular weight is 168 g/mol. The number of rotatable bonds is 2. The lowest BCUT2D eigenvalue weighted by molar-refractivity contribution is 0.177. The van der Waals surface area contributed by atoms with Gasteiger partial charge in [0, 0.05) is 0 Å². The molecule has 0 saturated heterocycles. The minimum atomic E-state index is 0.909. The first-order valence-corrected chi connectivity index (χ1v) is 5.61. The summed E-state index contributed by atoms with van der Waals surface area (Å²) in [4.78, 5) is 0. The Morgan fingerprint density at radius 1 is 0.833 bits per heavy atom. The zero-order chi connectivity index (χ0) is 9.14. The van der Waals surface area contributed by atoms with E-state index in [2.05, 4.69) is 27.7 Å². The first-order chi connectivity index (χ1) is 5.61. The molecule has 0 radical (unpaired) electrons. The van der Waals surface area contributed by atoms with E-state index in [4.69, 9.17) is 0 Å². The van der Waals surface area contributed by atoms with Crippen LogP contribution in [0.3, 0.4) is 0 Å². The van der Waals surface area contributed by atoms with Crippen LogP contribution >= 0.6 is 0 Å². The fourth-order valence-electron chi connectivity index (χ4n) is 2.48. The molecule has 0 N–H and O–H groups in total. The van der Waals surface area contributed by atoms with Crippen molar-refractivity contribution in [3.8, 4) is 0 Å². The van der Waals surface area contributed by atoms with Gasteiger partial charge in [-0.05, 0) is 30.1 Å².